The van der Waals surface area contributed by atoms with Crippen molar-refractivity contribution in [3.05, 3.63) is 48.3 Å². The maximum Gasteiger partial charge on any atom is 0.264 e. The lowest BCUT2D eigenvalue weighted by Crippen LogP contribution is -2.18. The number of aromatic nitrogens is 1. The van der Waals surface area contributed by atoms with Crippen LogP contribution in [0, 0.1) is 6.92 Å². The summed E-state index contributed by atoms with van der Waals surface area (Å²) in [6.45, 7) is 1.73. The molecule has 100 valence electrons. The largest absolute Gasteiger partial charge is 0.323 e. The first-order chi connectivity index (χ1) is 9.04. The van der Waals surface area contributed by atoms with E-state index in [-0.39, 0.29) is 4.90 Å². The summed E-state index contributed by atoms with van der Waals surface area (Å²) in [5, 5.41) is 0. The van der Waals surface area contributed by atoms with Gasteiger partial charge in [-0.25, -0.2) is 8.42 Å². The molecule has 0 bridgehead atoms. The van der Waals surface area contributed by atoms with Gasteiger partial charge in [0.1, 0.15) is 4.90 Å². The average molecular weight is 278 g/mol. The molecule has 2 aromatic rings. The normalized spacial score (nSPS) is 11.1. The van der Waals surface area contributed by atoms with Crippen LogP contribution in [0.2, 0.25) is 0 Å². The summed E-state index contributed by atoms with van der Waals surface area (Å²) in [7, 11) is -3.71. The molecular formula is C12H14N4O2S. The van der Waals surface area contributed by atoms with Crippen molar-refractivity contribution in [1.29, 1.82) is 0 Å². The molecule has 0 unspecified atom stereocenters. The Bertz CT molecular complexity index is 686. The zero-order valence-electron chi connectivity index (χ0n) is 10.3. The number of sulfonamides is 1. The minimum atomic E-state index is -3.71. The van der Waals surface area contributed by atoms with Gasteiger partial charge in [-0.05, 0) is 31.2 Å². The van der Waals surface area contributed by atoms with E-state index in [1.165, 1.54) is 6.07 Å². The van der Waals surface area contributed by atoms with E-state index in [0.717, 1.165) is 0 Å². The molecule has 0 aliphatic carbocycles. The lowest BCUT2D eigenvalue weighted by atomic mass is 10.3. The van der Waals surface area contributed by atoms with Crippen molar-refractivity contribution in [1.82, 2.24) is 4.98 Å². The fourth-order valence-electron chi connectivity index (χ4n) is 1.61. The summed E-state index contributed by atoms with van der Waals surface area (Å²) in [4.78, 5) is 4.12. The van der Waals surface area contributed by atoms with Gasteiger partial charge in [0, 0.05) is 6.20 Å². The predicted molar refractivity (Wildman–Crippen MR) is 74.0 cm³/mol. The quantitative estimate of drug-likeness (QED) is 0.581. The number of para-hydroxylation sites is 1. The number of benzene rings is 1. The third-order valence-corrected chi connectivity index (χ3v) is 4.01. The molecule has 0 radical (unpaired) electrons. The minimum Gasteiger partial charge on any atom is -0.323 e. The Labute approximate surface area is 111 Å². The molecule has 1 aromatic carbocycles. The number of anilines is 2. The molecule has 1 heterocycles. The molecule has 0 atom stereocenters. The highest BCUT2D eigenvalue weighted by atomic mass is 32.2. The fraction of sp³-hybridized carbons (Fsp3) is 0.0833. The van der Waals surface area contributed by atoms with Crippen LogP contribution in [-0.4, -0.2) is 13.4 Å². The molecule has 0 spiro atoms. The van der Waals surface area contributed by atoms with Gasteiger partial charge in [-0.1, -0.05) is 12.1 Å². The number of aryl methyl sites for hydroxylation is 1. The number of nitrogen functional groups attached to an aromatic ring is 1. The smallest absolute Gasteiger partial charge is 0.264 e. The number of pyridine rings is 1. The van der Waals surface area contributed by atoms with Crippen molar-refractivity contribution in [2.45, 2.75) is 11.8 Å². The molecule has 6 nitrogen and oxygen atoms in total. The molecule has 0 saturated heterocycles. The van der Waals surface area contributed by atoms with E-state index in [0.29, 0.717) is 17.1 Å². The highest BCUT2D eigenvalue weighted by Gasteiger charge is 2.18. The molecule has 0 fully saturated rings. The molecule has 1 aromatic heterocycles. The maximum absolute atomic E-state index is 12.3. The van der Waals surface area contributed by atoms with Crippen LogP contribution in [0.25, 0.3) is 0 Å². The first-order valence-corrected chi connectivity index (χ1v) is 7.03. The van der Waals surface area contributed by atoms with Crippen molar-refractivity contribution in [2.75, 3.05) is 10.1 Å². The second-order valence-electron chi connectivity index (χ2n) is 3.88. The number of nitrogens with one attached hydrogen (secondary N) is 2. The number of nitrogens with zero attached hydrogens (tertiary/aromatic N) is 1. The molecule has 4 N–H and O–H groups in total. The second kappa shape index (κ2) is 5.25. The Kier molecular flexibility index (Phi) is 3.68. The fourth-order valence-corrected chi connectivity index (χ4v) is 2.90. The van der Waals surface area contributed by atoms with Gasteiger partial charge in [0.05, 0.1) is 17.1 Å². The lowest BCUT2D eigenvalue weighted by Gasteiger charge is -2.12. The van der Waals surface area contributed by atoms with Crippen LogP contribution in [0.1, 0.15) is 5.69 Å². The van der Waals surface area contributed by atoms with Crippen molar-refractivity contribution in [3.63, 3.8) is 0 Å². The van der Waals surface area contributed by atoms with E-state index in [2.05, 4.69) is 15.1 Å². The van der Waals surface area contributed by atoms with Crippen LogP contribution in [0.4, 0.5) is 11.4 Å². The highest BCUT2D eigenvalue weighted by molar-refractivity contribution is 7.92. The van der Waals surface area contributed by atoms with E-state index < -0.39 is 10.0 Å². The van der Waals surface area contributed by atoms with Crippen molar-refractivity contribution in [2.24, 2.45) is 5.84 Å². The topological polar surface area (TPSA) is 97.1 Å². The van der Waals surface area contributed by atoms with Crippen LogP contribution in [0.5, 0.6) is 0 Å². The Hall–Kier alpha value is -2.12. The summed E-state index contributed by atoms with van der Waals surface area (Å²) < 4.78 is 27.1. The van der Waals surface area contributed by atoms with Crippen LogP contribution in [0.3, 0.4) is 0 Å². The van der Waals surface area contributed by atoms with Crippen LogP contribution in [0.15, 0.2) is 47.5 Å². The van der Waals surface area contributed by atoms with Gasteiger partial charge in [0.2, 0.25) is 0 Å². The highest BCUT2D eigenvalue weighted by Crippen LogP contribution is 2.23. The van der Waals surface area contributed by atoms with Gasteiger partial charge in [-0.15, -0.1) is 0 Å². The van der Waals surface area contributed by atoms with Crippen molar-refractivity contribution < 1.29 is 8.42 Å². The molecule has 2 rings (SSSR count). The average Bonchev–Trinajstić information content (AvgIpc) is 2.41. The van der Waals surface area contributed by atoms with E-state index in [4.69, 9.17) is 5.84 Å². The molecular weight excluding hydrogens is 264 g/mol. The summed E-state index contributed by atoms with van der Waals surface area (Å²) >= 11 is 0. The van der Waals surface area contributed by atoms with Gasteiger partial charge in [0.25, 0.3) is 10.0 Å². The lowest BCUT2D eigenvalue weighted by molar-refractivity contribution is 0.601. The summed E-state index contributed by atoms with van der Waals surface area (Å²) in [5.41, 5.74) is 3.74. The number of hydrogen-bond acceptors (Lipinski definition) is 5. The Balaban J connectivity index is 2.41. The monoisotopic (exact) mass is 278 g/mol. The third-order valence-electron chi connectivity index (χ3n) is 2.58. The number of hydrazine groups is 1. The van der Waals surface area contributed by atoms with E-state index in [1.54, 1.807) is 43.5 Å². The summed E-state index contributed by atoms with van der Waals surface area (Å²) in [6, 6.07) is 9.71. The van der Waals surface area contributed by atoms with E-state index in [9.17, 15) is 8.42 Å². The molecule has 0 amide bonds. The summed E-state index contributed by atoms with van der Waals surface area (Å²) in [6.07, 6.45) is 1.60. The minimum absolute atomic E-state index is 0.0840. The third kappa shape index (κ3) is 2.83. The van der Waals surface area contributed by atoms with Gasteiger partial charge < -0.3 is 5.43 Å². The van der Waals surface area contributed by atoms with Crippen LogP contribution < -0.4 is 16.0 Å². The Morgan fingerprint density at radius 2 is 1.79 bits per heavy atom. The zero-order valence-corrected chi connectivity index (χ0v) is 11.1. The van der Waals surface area contributed by atoms with E-state index >= 15 is 0 Å². The molecule has 0 aliphatic rings. The summed E-state index contributed by atoms with van der Waals surface area (Å²) in [5.74, 6) is 5.32. The van der Waals surface area contributed by atoms with Crippen molar-refractivity contribution in [3.8, 4) is 0 Å². The number of nitrogens with two attached hydrogens (primary N) is 1. The number of hydrogen-bond donors (Lipinski definition) is 3. The first-order valence-electron chi connectivity index (χ1n) is 5.54. The second-order valence-corrected chi connectivity index (χ2v) is 5.53. The van der Waals surface area contributed by atoms with Gasteiger partial charge in [-0.3, -0.25) is 15.5 Å². The molecule has 7 heteroatoms. The van der Waals surface area contributed by atoms with Crippen molar-refractivity contribution >= 4 is 21.4 Å². The van der Waals surface area contributed by atoms with Crippen LogP contribution >= 0.6 is 0 Å². The SMILES string of the molecule is Cc1ncccc1NS(=O)(=O)c1ccccc1NN. The van der Waals surface area contributed by atoms with Gasteiger partial charge in [0.15, 0.2) is 0 Å². The zero-order chi connectivity index (χ0) is 13.9. The van der Waals surface area contributed by atoms with Gasteiger partial charge in [-0.2, -0.15) is 0 Å². The number of rotatable bonds is 4. The molecule has 19 heavy (non-hydrogen) atoms. The predicted octanol–water partition coefficient (Wildman–Crippen LogP) is 1.48. The van der Waals surface area contributed by atoms with E-state index in [1.807, 2.05) is 0 Å². The standard InChI is InChI=1S/C12H14N4O2S/c1-9-10(6-4-8-14-9)16-19(17,18)12-7-3-2-5-11(12)15-13/h2-8,15-16H,13H2,1H3. The molecule has 0 saturated carbocycles. The first kappa shape index (κ1) is 13.3. The molecule has 0 aliphatic heterocycles. The Morgan fingerprint density at radius 1 is 1.11 bits per heavy atom. The van der Waals surface area contributed by atoms with Crippen LogP contribution in [-0.2, 0) is 10.0 Å². The van der Waals surface area contributed by atoms with Gasteiger partial charge >= 0.3 is 0 Å². The Morgan fingerprint density at radius 3 is 2.47 bits per heavy atom. The maximum atomic E-state index is 12.3.